The van der Waals surface area contributed by atoms with Gasteiger partial charge >= 0.3 is 0 Å². The number of hydrogen-bond acceptors (Lipinski definition) is 4. The fraction of sp³-hybridized carbons (Fsp3) is 1.00. The standard InChI is InChI=1S/C13H28N2O2/c1-11(2)15(7-8-16-3)13(10-17-4)9-14-12-5-6-12/h11-14H,5-10H2,1-4H3. The molecular weight excluding hydrogens is 216 g/mol. The third-order valence-corrected chi connectivity index (χ3v) is 3.26. The lowest BCUT2D eigenvalue weighted by Gasteiger charge is -2.34. The molecule has 0 bridgehead atoms. The Morgan fingerprint density at radius 1 is 1.24 bits per heavy atom. The van der Waals surface area contributed by atoms with E-state index in [1.807, 2.05) is 0 Å². The van der Waals surface area contributed by atoms with Crippen LogP contribution in [0.4, 0.5) is 0 Å². The minimum atomic E-state index is 0.441. The van der Waals surface area contributed by atoms with E-state index in [1.54, 1.807) is 14.2 Å². The van der Waals surface area contributed by atoms with Crippen molar-refractivity contribution in [3.63, 3.8) is 0 Å². The molecule has 1 fully saturated rings. The smallest absolute Gasteiger partial charge is 0.0630 e. The molecule has 0 aromatic rings. The number of hydrogen-bond donors (Lipinski definition) is 1. The van der Waals surface area contributed by atoms with Gasteiger partial charge in [0.1, 0.15) is 0 Å². The summed E-state index contributed by atoms with van der Waals surface area (Å²) in [6.45, 7) is 8.00. The molecule has 4 nitrogen and oxygen atoms in total. The second-order valence-corrected chi connectivity index (χ2v) is 5.12. The van der Waals surface area contributed by atoms with Crippen molar-refractivity contribution in [2.45, 2.75) is 44.8 Å². The Labute approximate surface area is 106 Å². The van der Waals surface area contributed by atoms with Gasteiger partial charge in [-0.1, -0.05) is 0 Å². The fourth-order valence-electron chi connectivity index (χ4n) is 2.11. The molecule has 0 amide bonds. The van der Waals surface area contributed by atoms with Gasteiger partial charge in [-0.2, -0.15) is 0 Å². The van der Waals surface area contributed by atoms with Gasteiger partial charge < -0.3 is 14.8 Å². The molecule has 0 spiro atoms. The predicted molar refractivity (Wildman–Crippen MR) is 70.4 cm³/mol. The van der Waals surface area contributed by atoms with Crippen molar-refractivity contribution < 1.29 is 9.47 Å². The molecule has 1 atom stereocenters. The maximum atomic E-state index is 5.35. The maximum absolute atomic E-state index is 5.35. The molecule has 0 heterocycles. The van der Waals surface area contributed by atoms with Gasteiger partial charge in [0.25, 0.3) is 0 Å². The first-order valence-electron chi connectivity index (χ1n) is 6.66. The van der Waals surface area contributed by atoms with E-state index in [0.717, 1.165) is 32.3 Å². The van der Waals surface area contributed by atoms with Gasteiger partial charge in [-0.25, -0.2) is 0 Å². The minimum absolute atomic E-state index is 0.441. The summed E-state index contributed by atoms with van der Waals surface area (Å²) in [6, 6.07) is 1.72. The van der Waals surface area contributed by atoms with Gasteiger partial charge in [0.2, 0.25) is 0 Å². The third kappa shape index (κ3) is 5.82. The summed E-state index contributed by atoms with van der Waals surface area (Å²) in [6.07, 6.45) is 2.67. The first-order chi connectivity index (χ1) is 8.19. The highest BCUT2D eigenvalue weighted by molar-refractivity contribution is 4.85. The molecule has 0 radical (unpaired) electrons. The average Bonchev–Trinajstić information content (AvgIpc) is 3.09. The van der Waals surface area contributed by atoms with E-state index in [2.05, 4.69) is 24.1 Å². The molecule has 102 valence electrons. The molecule has 1 N–H and O–H groups in total. The van der Waals surface area contributed by atoms with Gasteiger partial charge in [0, 0.05) is 45.4 Å². The van der Waals surface area contributed by atoms with Gasteiger partial charge in [-0.05, 0) is 26.7 Å². The Morgan fingerprint density at radius 2 is 1.94 bits per heavy atom. The first-order valence-corrected chi connectivity index (χ1v) is 6.66. The van der Waals surface area contributed by atoms with Crippen molar-refractivity contribution in [3.05, 3.63) is 0 Å². The maximum Gasteiger partial charge on any atom is 0.0630 e. The molecule has 0 aromatic heterocycles. The quantitative estimate of drug-likeness (QED) is 0.624. The van der Waals surface area contributed by atoms with E-state index < -0.39 is 0 Å². The van der Waals surface area contributed by atoms with Crippen molar-refractivity contribution in [2.24, 2.45) is 0 Å². The molecule has 1 aliphatic carbocycles. The molecule has 1 aliphatic rings. The zero-order chi connectivity index (χ0) is 12.7. The lowest BCUT2D eigenvalue weighted by Crippen LogP contribution is -2.50. The van der Waals surface area contributed by atoms with Crippen molar-refractivity contribution in [1.29, 1.82) is 0 Å². The summed E-state index contributed by atoms with van der Waals surface area (Å²) in [5.41, 5.74) is 0. The summed E-state index contributed by atoms with van der Waals surface area (Å²) in [7, 11) is 3.53. The van der Waals surface area contributed by atoms with Crippen LogP contribution < -0.4 is 5.32 Å². The topological polar surface area (TPSA) is 33.7 Å². The van der Waals surface area contributed by atoms with Crippen LogP contribution in [0.3, 0.4) is 0 Å². The van der Waals surface area contributed by atoms with Crippen LogP contribution in [0.25, 0.3) is 0 Å². The highest BCUT2D eigenvalue weighted by Gasteiger charge is 2.25. The van der Waals surface area contributed by atoms with E-state index >= 15 is 0 Å². The normalized spacial score (nSPS) is 18.0. The van der Waals surface area contributed by atoms with Crippen LogP contribution in [0.2, 0.25) is 0 Å². The highest BCUT2D eigenvalue weighted by atomic mass is 16.5. The van der Waals surface area contributed by atoms with Crippen molar-refractivity contribution in [1.82, 2.24) is 10.2 Å². The molecule has 1 saturated carbocycles. The SMILES string of the molecule is COCCN(C(C)C)C(CNC1CC1)COC. The Balaban J connectivity index is 2.41. The van der Waals surface area contributed by atoms with Crippen LogP contribution in [0.1, 0.15) is 26.7 Å². The first kappa shape index (κ1) is 14.9. The number of ether oxygens (including phenoxy) is 2. The molecule has 1 unspecified atom stereocenters. The van der Waals surface area contributed by atoms with Crippen molar-refractivity contribution in [2.75, 3.05) is 40.5 Å². The van der Waals surface area contributed by atoms with Crippen LogP contribution in [0.15, 0.2) is 0 Å². The Hall–Kier alpha value is -0.160. The number of nitrogens with one attached hydrogen (secondary N) is 1. The summed E-state index contributed by atoms with van der Waals surface area (Å²) >= 11 is 0. The van der Waals surface area contributed by atoms with Gasteiger partial charge in [-0.15, -0.1) is 0 Å². The molecule has 1 rings (SSSR count). The average molecular weight is 244 g/mol. The predicted octanol–water partition coefficient (Wildman–Crippen LogP) is 1.11. The van der Waals surface area contributed by atoms with Crippen LogP contribution >= 0.6 is 0 Å². The molecule has 17 heavy (non-hydrogen) atoms. The van der Waals surface area contributed by atoms with E-state index in [9.17, 15) is 0 Å². The van der Waals surface area contributed by atoms with E-state index in [1.165, 1.54) is 12.8 Å². The van der Waals surface area contributed by atoms with Crippen molar-refractivity contribution >= 4 is 0 Å². The van der Waals surface area contributed by atoms with Crippen LogP contribution in [-0.4, -0.2) is 63.5 Å². The van der Waals surface area contributed by atoms with Crippen LogP contribution in [-0.2, 0) is 9.47 Å². The number of rotatable bonds is 10. The lowest BCUT2D eigenvalue weighted by atomic mass is 10.2. The Bertz CT molecular complexity index is 196. The van der Waals surface area contributed by atoms with Crippen LogP contribution in [0, 0.1) is 0 Å². The van der Waals surface area contributed by atoms with Gasteiger partial charge in [0.15, 0.2) is 0 Å². The van der Waals surface area contributed by atoms with E-state index in [0.29, 0.717) is 12.1 Å². The van der Waals surface area contributed by atoms with E-state index in [-0.39, 0.29) is 0 Å². The number of nitrogens with zero attached hydrogens (tertiary/aromatic N) is 1. The zero-order valence-electron chi connectivity index (χ0n) is 11.7. The highest BCUT2D eigenvalue weighted by Crippen LogP contribution is 2.19. The molecular formula is C13H28N2O2. The fourth-order valence-corrected chi connectivity index (χ4v) is 2.11. The number of methoxy groups -OCH3 is 2. The summed E-state index contributed by atoms with van der Waals surface area (Å²) in [5, 5.41) is 3.59. The van der Waals surface area contributed by atoms with Gasteiger partial charge in [-0.3, -0.25) is 4.90 Å². The second kappa shape index (κ2) is 8.03. The second-order valence-electron chi connectivity index (χ2n) is 5.12. The summed E-state index contributed by atoms with van der Waals surface area (Å²) < 4.78 is 10.5. The molecule has 0 aromatic carbocycles. The zero-order valence-corrected chi connectivity index (χ0v) is 11.7. The summed E-state index contributed by atoms with van der Waals surface area (Å²) in [4.78, 5) is 2.46. The largest absolute Gasteiger partial charge is 0.383 e. The molecule has 0 aliphatic heterocycles. The monoisotopic (exact) mass is 244 g/mol. The summed E-state index contributed by atoms with van der Waals surface area (Å²) in [5.74, 6) is 0. The third-order valence-electron chi connectivity index (χ3n) is 3.26. The minimum Gasteiger partial charge on any atom is -0.383 e. The lowest BCUT2D eigenvalue weighted by molar-refractivity contribution is 0.0483. The van der Waals surface area contributed by atoms with E-state index in [4.69, 9.17) is 9.47 Å². The Kier molecular flexibility index (Phi) is 7.04. The molecule has 4 heteroatoms. The van der Waals surface area contributed by atoms with Crippen LogP contribution in [0.5, 0.6) is 0 Å². The molecule has 0 saturated heterocycles. The van der Waals surface area contributed by atoms with Gasteiger partial charge in [0.05, 0.1) is 13.2 Å². The van der Waals surface area contributed by atoms with Crippen molar-refractivity contribution in [3.8, 4) is 0 Å². The Morgan fingerprint density at radius 3 is 2.41 bits per heavy atom.